The Morgan fingerprint density at radius 3 is 1.50 bits per heavy atom. The van der Waals surface area contributed by atoms with Gasteiger partial charge in [0.25, 0.3) is 0 Å². The van der Waals surface area contributed by atoms with Crippen molar-refractivity contribution in [3.05, 3.63) is 0 Å². The fourth-order valence-corrected chi connectivity index (χ4v) is 0. The molecule has 0 rings (SSSR count). The summed E-state index contributed by atoms with van der Waals surface area (Å²) in [5.41, 5.74) is 9.41. The zero-order valence-corrected chi connectivity index (χ0v) is 6.96. The molecule has 0 aromatic heterocycles. The van der Waals surface area contributed by atoms with Gasteiger partial charge < -0.3 is 0 Å². The molecule has 0 heterocycles. The first-order valence-corrected chi connectivity index (χ1v) is 11.5. The monoisotopic (exact) mass is 227 g/mol. The fraction of sp³-hybridized carbons (Fsp3) is 0. The maximum absolute atomic E-state index is 9.28. The summed E-state index contributed by atoms with van der Waals surface area (Å²) in [6.07, 6.45) is 0. The Kier molecular flexibility index (Phi) is 4.24. The van der Waals surface area contributed by atoms with E-state index in [0.29, 0.717) is 0 Å². The van der Waals surface area contributed by atoms with Crippen LogP contribution in [0.25, 0.3) is 0 Å². The van der Waals surface area contributed by atoms with Crippen molar-refractivity contribution in [3.8, 4) is 0 Å². The molecule has 0 aliphatic rings. The van der Waals surface area contributed by atoms with Crippen molar-refractivity contribution in [1.82, 2.24) is 0 Å². The summed E-state index contributed by atoms with van der Waals surface area (Å²) < 4.78 is 9.28. The van der Waals surface area contributed by atoms with Gasteiger partial charge in [-0.15, -0.1) is 0 Å². The van der Waals surface area contributed by atoms with E-state index < -0.39 is 32.0 Å². The predicted molar refractivity (Wildman–Crippen MR) is 12.4 cm³/mol. The van der Waals surface area contributed by atoms with E-state index in [4.69, 9.17) is 11.4 Å². The summed E-state index contributed by atoms with van der Waals surface area (Å²) in [6.45, 7) is 0. The van der Waals surface area contributed by atoms with Crippen molar-refractivity contribution in [2.45, 2.75) is 0 Å². The molecular weight excluding hydrogens is 228 g/mol. The van der Waals surface area contributed by atoms with Crippen LogP contribution < -0.4 is 0 Å². The first-order valence-electron chi connectivity index (χ1n) is 0.672. The quantitative estimate of drug-likeness (QED) is 0.609. The second-order valence-corrected chi connectivity index (χ2v) is 9.47. The Morgan fingerprint density at radius 1 is 1.50 bits per heavy atom. The summed E-state index contributed by atoms with van der Waals surface area (Å²) >= 11 is -3.03. The van der Waals surface area contributed by atoms with Crippen LogP contribution in [0.2, 0.25) is 0 Å². The Hall–Kier alpha value is 1.74. The number of hydrogen-bond acceptors (Lipinski definition) is 1. The van der Waals surface area contributed by atoms with Crippen molar-refractivity contribution in [1.29, 1.82) is 0 Å². The average Bonchev–Trinajstić information content (AvgIpc) is 0.811. The van der Waals surface area contributed by atoms with Gasteiger partial charge in [-0.25, -0.2) is 0 Å². The Balaban J connectivity index is 2.80. The zero-order valence-electron chi connectivity index (χ0n) is 1.74. The van der Waals surface area contributed by atoms with Gasteiger partial charge >= 0.3 is 44.4 Å². The van der Waals surface area contributed by atoms with E-state index in [1.165, 1.54) is 0 Å². The Bertz CT molecular complexity index is 29.0. The van der Waals surface area contributed by atoms with Crippen molar-refractivity contribution in [2.75, 3.05) is 0 Å². The van der Waals surface area contributed by atoms with E-state index in [2.05, 4.69) is 0 Å². The number of halogens is 2. The normalized spacial score (nSPS) is 6.50. The predicted octanol–water partition coefficient (Wildman–Crippen LogP) is 1.26. The van der Waals surface area contributed by atoms with Crippen LogP contribution in [0.5, 0.6) is 0 Å². The first-order chi connectivity index (χ1) is 1.73. The molecule has 23 valence electrons. The minimum atomic E-state index is -3.03. The van der Waals surface area contributed by atoms with E-state index in [0.717, 1.165) is 0 Å². The van der Waals surface area contributed by atoms with Crippen LogP contribution in [0.4, 0.5) is 0 Å². The Morgan fingerprint density at radius 2 is 1.50 bits per heavy atom. The summed E-state index contributed by atoms with van der Waals surface area (Å²) in [7, 11) is 0. The van der Waals surface area contributed by atoms with Crippen LogP contribution in [0.15, 0.2) is 0 Å². The van der Waals surface area contributed by atoms with E-state index in [1.54, 1.807) is 0 Å². The van der Waals surface area contributed by atoms with Crippen LogP contribution in [0.1, 0.15) is 0 Å². The van der Waals surface area contributed by atoms with Gasteiger partial charge in [-0.3, -0.25) is 0 Å². The molecule has 0 bridgehead atoms. The van der Waals surface area contributed by atoms with Gasteiger partial charge in [0, 0.05) is 0 Å². The van der Waals surface area contributed by atoms with Crippen LogP contribution in [-0.4, -0.2) is 0 Å². The molecular formula is Cl2OPr. The molecule has 0 radical (unpaired) electrons. The van der Waals surface area contributed by atoms with E-state index >= 15 is 0 Å². The van der Waals surface area contributed by atoms with Crippen molar-refractivity contribution in [2.24, 2.45) is 0 Å². The third-order valence-corrected chi connectivity index (χ3v) is 0. The number of rotatable bonds is 0. The van der Waals surface area contributed by atoms with Gasteiger partial charge in [0.2, 0.25) is 0 Å². The molecule has 0 aromatic rings. The topological polar surface area (TPSA) is 17.1 Å². The molecule has 0 aromatic carbocycles. The molecule has 0 aliphatic carbocycles. The third kappa shape index (κ3) is 9.27. The van der Waals surface area contributed by atoms with Crippen molar-refractivity contribution < 1.29 is 33.0 Å². The third-order valence-electron chi connectivity index (χ3n) is 0. The second kappa shape index (κ2) is 2.95. The van der Waals surface area contributed by atoms with Crippen LogP contribution >= 0.6 is 11.4 Å². The van der Waals surface area contributed by atoms with Gasteiger partial charge in [0.05, 0.1) is 0 Å². The number of hydrogen-bond donors (Lipinski definition) is 0. The molecule has 0 saturated heterocycles. The molecule has 4 heavy (non-hydrogen) atoms. The van der Waals surface area contributed by atoms with Crippen molar-refractivity contribution in [3.63, 3.8) is 0 Å². The Labute approximate surface area is 43.5 Å². The molecule has 0 fully saturated rings. The van der Waals surface area contributed by atoms with Gasteiger partial charge in [0.15, 0.2) is 0 Å². The van der Waals surface area contributed by atoms with Crippen LogP contribution in [-0.2, 0) is 0.995 Å². The van der Waals surface area contributed by atoms with Gasteiger partial charge in [-0.05, 0) is 0 Å². The molecule has 0 unspecified atom stereocenters. The summed E-state index contributed by atoms with van der Waals surface area (Å²) in [5.74, 6) is 0. The van der Waals surface area contributed by atoms with Crippen LogP contribution in [0.3, 0.4) is 0 Å². The first kappa shape index (κ1) is 5.74. The molecule has 4 heteroatoms. The summed E-state index contributed by atoms with van der Waals surface area (Å²) in [6, 6.07) is 0. The average molecular weight is 228 g/mol. The van der Waals surface area contributed by atoms with Gasteiger partial charge in [-0.2, -0.15) is 0 Å². The standard InChI is InChI=1S/2ClH.O.Pr/h2*1H;;/q;;;+2/p-2. The summed E-state index contributed by atoms with van der Waals surface area (Å²) in [4.78, 5) is 0. The molecule has 0 aliphatic heterocycles. The zero-order chi connectivity index (χ0) is 3.58. The molecule has 0 atom stereocenters. The van der Waals surface area contributed by atoms with Gasteiger partial charge in [0.1, 0.15) is 0 Å². The molecule has 0 N–H and O–H groups in total. The molecule has 0 amide bonds. The SMILES string of the molecule is [O]=[Pr]([Cl])[Cl]. The van der Waals surface area contributed by atoms with Crippen molar-refractivity contribution >= 4 is 11.4 Å². The molecule has 0 saturated carbocycles. The maximum atomic E-state index is 9.28. The minimum absolute atomic E-state index is 3.03. The van der Waals surface area contributed by atoms with E-state index in [9.17, 15) is 0.995 Å². The van der Waals surface area contributed by atoms with Gasteiger partial charge in [-0.1, -0.05) is 0 Å². The second-order valence-electron chi connectivity index (χ2n) is 0.261. The molecule has 1 nitrogen and oxygen atoms in total. The van der Waals surface area contributed by atoms with Crippen LogP contribution in [0, 0.1) is 32.0 Å². The fourth-order valence-electron chi connectivity index (χ4n) is 0. The summed E-state index contributed by atoms with van der Waals surface area (Å²) in [5, 5.41) is 0. The van der Waals surface area contributed by atoms with E-state index in [1.807, 2.05) is 0 Å². The van der Waals surface area contributed by atoms with E-state index in [-0.39, 0.29) is 0 Å². The molecule has 0 spiro atoms.